The standard InChI is InChI=1S/C11H13NS.C10H18N2.C9H15NO.C9H15NS.C8H14N2.2C8H13NO.C8H13NS.3C7H12N2O.3C7H12N2S.C2H6/c1-11(2,3)10-12-8-6-4-5-7-9(8)13-10;1-7-8(2)12(6)9(11-7)10(3,4)5;2*1-6-7(2)11-8(10-6)9(3,4)5;1-7-5-9-10(6-7)8(2,3)4;1-6-5-7(9-10-6)8(2,3)4;1-6-5-7(10-9-6)8(2,3)4;1-6-5-7(9-10-6)8(2,3)4;1-5-8-9-6(10-5)7(2,3)4;1-5-8-6(9-10-5)7(2,3)4;1-5-8-6(10-9-5)7(2,3)4;1-5-8-9-6(10-5)7(2,3)4;1-5-8-6(9-10-5)7(2,3)4;1-5-8-6(10-9-5)7(2,3)4;1-2/h4-7H,1-3H3;1-6H3;2*1-5H3;5-6H,1-4H3;3*5H,1-4H3;6*1-4H3;1-2H3. The molecule has 15 aromatic rings. The third-order valence-electron chi connectivity index (χ3n) is 20.2. The quantitative estimate of drug-likeness (QED) is 0.136. The lowest BCUT2D eigenvalue weighted by Crippen LogP contribution is -2.21. The molecule has 0 aliphatic rings. The number of aromatic nitrogens is 22. The maximum absolute atomic E-state index is 5.47. The molecule has 14 aromatic heterocycles. The van der Waals surface area contributed by atoms with Gasteiger partial charge in [0.15, 0.2) is 17.5 Å². The largest absolute Gasteiger partial charge is 0.445 e. The van der Waals surface area contributed by atoms with Crippen LogP contribution < -0.4 is 0 Å². The fraction of sp³-hybridized carbons (Fsp3) is 0.652. The van der Waals surface area contributed by atoms with Crippen molar-refractivity contribution in [2.75, 3.05) is 0 Å². The van der Waals surface area contributed by atoms with Gasteiger partial charge in [0.1, 0.15) is 54.8 Å². The van der Waals surface area contributed by atoms with Gasteiger partial charge in [-0.2, -0.15) is 28.2 Å². The van der Waals surface area contributed by atoms with Crippen LogP contribution >= 0.6 is 68.6 Å². The fourth-order valence-corrected chi connectivity index (χ4v) is 15.6. The Bertz CT molecular complexity index is 5370. The molecular formula is C115H192N22O6S6. The zero-order valence-corrected chi connectivity index (χ0v) is 108. The first-order chi connectivity index (χ1) is 67.2. The van der Waals surface area contributed by atoms with Crippen molar-refractivity contribution in [3.63, 3.8) is 0 Å². The topological polar surface area (TPSA) is 346 Å². The van der Waals surface area contributed by atoms with Gasteiger partial charge in [0.2, 0.25) is 23.6 Å². The van der Waals surface area contributed by atoms with Crippen LogP contribution in [0.2, 0.25) is 0 Å². The van der Waals surface area contributed by atoms with Crippen LogP contribution in [0.5, 0.6) is 0 Å². The van der Waals surface area contributed by atoms with Crippen molar-refractivity contribution in [3.05, 3.63) is 216 Å². The number of aryl methyl sites for hydroxylation is 15. The van der Waals surface area contributed by atoms with Crippen LogP contribution in [0.4, 0.5) is 0 Å². The van der Waals surface area contributed by atoms with Gasteiger partial charge < -0.3 is 31.5 Å². The van der Waals surface area contributed by atoms with Crippen LogP contribution in [-0.4, -0.2) is 108 Å². The van der Waals surface area contributed by atoms with E-state index in [1.807, 2.05) is 151 Å². The first-order valence-electron chi connectivity index (χ1n) is 51.2. The van der Waals surface area contributed by atoms with Crippen molar-refractivity contribution < 1.29 is 26.9 Å². The molecular weight excluding hydrogens is 1980 g/mol. The molecule has 0 amide bonds. The monoisotopic (exact) mass is 2170 g/mol. The maximum Gasteiger partial charge on any atom is 0.232 e. The molecule has 15 rings (SSSR count). The Morgan fingerprint density at radius 1 is 0.329 bits per heavy atom. The first-order valence-corrected chi connectivity index (χ1v) is 55.9. The van der Waals surface area contributed by atoms with Crippen LogP contribution in [-0.2, 0) is 83.0 Å². The van der Waals surface area contributed by atoms with E-state index in [0.717, 1.165) is 94.8 Å². The molecule has 0 N–H and O–H groups in total. The summed E-state index contributed by atoms with van der Waals surface area (Å²) < 4.78 is 48.6. The molecule has 0 radical (unpaired) electrons. The Hall–Kier alpha value is -9.48. The summed E-state index contributed by atoms with van der Waals surface area (Å²) in [5, 5.41) is 41.8. The molecule has 0 spiro atoms. The number of oxazole rings is 1. The van der Waals surface area contributed by atoms with E-state index in [1.165, 1.54) is 70.2 Å². The van der Waals surface area contributed by atoms with E-state index in [1.54, 1.807) is 48.1 Å². The molecule has 0 fully saturated rings. The lowest BCUT2D eigenvalue weighted by atomic mass is 9.92. The van der Waals surface area contributed by atoms with E-state index in [0.29, 0.717) is 29.4 Å². The normalized spacial score (nSPS) is 11.9. The number of rotatable bonds is 0. The number of fused-ring (bicyclic) bond motifs is 1. The summed E-state index contributed by atoms with van der Waals surface area (Å²) in [5.41, 5.74) is 11.5. The van der Waals surface area contributed by atoms with Gasteiger partial charge in [-0.15, -0.1) is 54.4 Å². The van der Waals surface area contributed by atoms with Crippen LogP contribution in [0.3, 0.4) is 0 Å². The molecule has 149 heavy (non-hydrogen) atoms. The SMILES string of the molecule is CC.CC(C)(C)c1nc2ccccc2s1.Cc1cc(C(C)(C)C)no1.Cc1cc(C(C)(C)C)ns1.Cc1cc(C(C)(C)C)on1.Cc1cnn(C(C)(C)C)c1.Cc1nc(C(C)(C)C)n(C)c1C.Cc1nc(C(C)(C)C)no1.Cc1nc(C(C)(C)C)ns1.Cc1nc(C(C)(C)C)oc1C.Cc1nc(C(C)(C)C)sc1C.Cc1nnc(C(C)(C)C)o1.Cc1nnc(C(C)(C)C)s1.Cc1noc(C(C)(C)C)n1.Cc1nsc(C(C)(C)C)n1. The highest BCUT2D eigenvalue weighted by molar-refractivity contribution is 7.18. The van der Waals surface area contributed by atoms with E-state index in [4.69, 9.17) is 26.9 Å². The molecule has 0 saturated heterocycles. The maximum atomic E-state index is 5.47. The number of para-hydroxylation sites is 1. The second-order valence-electron chi connectivity index (χ2n) is 51.2. The second kappa shape index (κ2) is 56.9. The zero-order valence-electron chi connectivity index (χ0n) is 103. The van der Waals surface area contributed by atoms with Crippen molar-refractivity contribution in [1.82, 2.24) is 108 Å². The smallest absolute Gasteiger partial charge is 0.232 e. The van der Waals surface area contributed by atoms with Gasteiger partial charge in [-0.1, -0.05) is 317 Å². The molecule has 0 saturated carbocycles. The summed E-state index contributed by atoms with van der Waals surface area (Å²) in [7, 11) is 2.08. The Morgan fingerprint density at radius 2 is 0.859 bits per heavy atom. The highest BCUT2D eigenvalue weighted by atomic mass is 32.1. The van der Waals surface area contributed by atoms with Gasteiger partial charge in [0.05, 0.1) is 66.1 Å². The number of hydrogen-bond donors (Lipinski definition) is 0. The summed E-state index contributed by atoms with van der Waals surface area (Å²) in [4.78, 5) is 37.4. The van der Waals surface area contributed by atoms with Crippen LogP contribution in [0.15, 0.2) is 81.8 Å². The van der Waals surface area contributed by atoms with E-state index < -0.39 is 0 Å². The minimum absolute atomic E-state index is 0.00222. The van der Waals surface area contributed by atoms with Gasteiger partial charge in [-0.25, -0.2) is 29.9 Å². The lowest BCUT2D eigenvalue weighted by Gasteiger charge is -2.18. The van der Waals surface area contributed by atoms with Crippen LogP contribution in [0, 0.1) is 111 Å². The van der Waals surface area contributed by atoms with E-state index >= 15 is 0 Å². The summed E-state index contributed by atoms with van der Waals surface area (Å²) in [6.07, 6.45) is 3.94. The minimum atomic E-state index is -0.0265. The third-order valence-corrected chi connectivity index (χ3v) is 27.0. The predicted molar refractivity (Wildman–Crippen MR) is 627 cm³/mol. The summed E-state index contributed by atoms with van der Waals surface area (Å²) >= 11 is 9.82. The number of hydrogen-bond acceptors (Lipinski definition) is 32. The molecule has 14 heterocycles. The molecule has 34 heteroatoms. The molecule has 0 bridgehead atoms. The predicted octanol–water partition coefficient (Wildman–Crippen LogP) is 33.3. The summed E-state index contributed by atoms with van der Waals surface area (Å²) in [5.74, 6) is 10.7. The zero-order chi connectivity index (χ0) is 116. The number of benzene rings is 1. The Labute approximate surface area is 921 Å². The van der Waals surface area contributed by atoms with Crippen LogP contribution in [0.25, 0.3) is 10.2 Å². The van der Waals surface area contributed by atoms with Crippen molar-refractivity contribution in [2.45, 2.75) is 491 Å². The van der Waals surface area contributed by atoms with Crippen LogP contribution in [0.1, 0.15) is 466 Å². The Kier molecular flexibility index (Phi) is 52.5. The second-order valence-corrected chi connectivity index (χ2v) is 57.3. The van der Waals surface area contributed by atoms with Crippen molar-refractivity contribution in [1.29, 1.82) is 0 Å². The molecule has 28 nitrogen and oxygen atoms in total. The molecule has 0 unspecified atom stereocenters. The van der Waals surface area contributed by atoms with E-state index in [9.17, 15) is 0 Å². The summed E-state index contributed by atoms with van der Waals surface area (Å²) in [6.45, 7) is 125. The average molecular weight is 2170 g/mol. The molecule has 0 aliphatic carbocycles. The highest BCUT2D eigenvalue weighted by Crippen LogP contribution is 2.35. The molecule has 1 aromatic carbocycles. The minimum Gasteiger partial charge on any atom is -0.445 e. The van der Waals surface area contributed by atoms with Gasteiger partial charge in [0.25, 0.3) is 0 Å². The molecule has 0 atom stereocenters. The van der Waals surface area contributed by atoms with Crippen molar-refractivity contribution >= 4 is 78.8 Å². The fourth-order valence-electron chi connectivity index (χ4n) is 10.7. The van der Waals surface area contributed by atoms with E-state index in [2.05, 4.69) is 432 Å². The molecule has 0 aliphatic heterocycles. The van der Waals surface area contributed by atoms with Gasteiger partial charge in [-0.3, -0.25) is 4.68 Å². The van der Waals surface area contributed by atoms with Gasteiger partial charge in [0, 0.05) is 125 Å². The Balaban J connectivity index is 0.000000802. The third kappa shape index (κ3) is 51.7. The number of thiazole rings is 2. The van der Waals surface area contributed by atoms with Gasteiger partial charge in [-0.05, 0) is 176 Å². The molecule has 834 valence electrons. The Morgan fingerprint density at radius 3 is 1.09 bits per heavy atom. The van der Waals surface area contributed by atoms with E-state index in [-0.39, 0.29) is 75.9 Å². The van der Waals surface area contributed by atoms with Crippen molar-refractivity contribution in [2.24, 2.45) is 7.05 Å². The highest BCUT2D eigenvalue weighted by Gasteiger charge is 2.29. The van der Waals surface area contributed by atoms with Gasteiger partial charge >= 0.3 is 0 Å². The summed E-state index contributed by atoms with van der Waals surface area (Å²) in [6, 6.07) is 14.4. The average Bonchev–Trinajstić information content (AvgIpc) is 1.66. The van der Waals surface area contributed by atoms with Crippen molar-refractivity contribution in [3.8, 4) is 0 Å². The number of nitrogens with zero attached hydrogens (tertiary/aromatic N) is 22. The number of imidazole rings is 1. The first kappa shape index (κ1) is 138. The lowest BCUT2D eigenvalue weighted by molar-refractivity contribution is 0.319.